The van der Waals surface area contributed by atoms with E-state index >= 15 is 0 Å². The van der Waals surface area contributed by atoms with Gasteiger partial charge in [0.25, 0.3) is 0 Å². The van der Waals surface area contributed by atoms with E-state index in [-0.39, 0.29) is 0 Å². The van der Waals surface area contributed by atoms with E-state index in [9.17, 15) is 0 Å². The summed E-state index contributed by atoms with van der Waals surface area (Å²) in [5, 5.41) is 0. The number of rotatable bonds is 4. The van der Waals surface area contributed by atoms with Crippen LogP contribution < -0.4 is 0 Å². The lowest BCUT2D eigenvalue weighted by Gasteiger charge is -2.42. The molecule has 3 heterocycles. The molecule has 5 heteroatoms. The van der Waals surface area contributed by atoms with Crippen LogP contribution in [0.1, 0.15) is 33.4 Å². The molecule has 0 unspecified atom stereocenters. The molecule has 2 aliphatic rings. The van der Waals surface area contributed by atoms with Gasteiger partial charge in [-0.15, -0.1) is 0 Å². The monoisotopic (exact) mass is 682 g/mol. The number of nitrogens with zero attached hydrogens (tertiary/aromatic N) is 4. The topological polar surface area (TPSA) is 51.6 Å². The molecule has 0 amide bonds. The van der Waals surface area contributed by atoms with Gasteiger partial charge < -0.3 is 0 Å². The second kappa shape index (κ2) is 12.4. The van der Waals surface area contributed by atoms with E-state index in [4.69, 9.17) is 19.9 Å². The standard InChI is InChI=1S/C47H30N4S/c1-3-14-33(15-4-1)41-28-42(36-29-48-45(49-30-36)34-16-5-2-6-17-34)51-46(50-41)35-26-25-32-24-23-31-13-7-8-18-37(31)47(40(32)27-35)38-19-9-11-21-43(38)52-44-22-12-10-20-39(44)47/h1-30H. The van der Waals surface area contributed by atoms with Gasteiger partial charge in [-0.2, -0.15) is 0 Å². The van der Waals surface area contributed by atoms with Gasteiger partial charge in [0, 0.05) is 44.4 Å². The Hall–Kier alpha value is -6.43. The highest BCUT2D eigenvalue weighted by Crippen LogP contribution is 2.58. The maximum atomic E-state index is 5.23. The Morgan fingerprint density at radius 1 is 0.385 bits per heavy atom. The van der Waals surface area contributed by atoms with Crippen molar-refractivity contribution >= 4 is 23.9 Å². The van der Waals surface area contributed by atoms with Crippen LogP contribution in [0.4, 0.5) is 0 Å². The van der Waals surface area contributed by atoms with Gasteiger partial charge in [-0.1, -0.05) is 157 Å². The fourth-order valence-electron chi connectivity index (χ4n) is 7.73. The Morgan fingerprint density at radius 2 is 0.923 bits per heavy atom. The summed E-state index contributed by atoms with van der Waals surface area (Å²) in [6, 6.07) is 55.7. The normalized spacial score (nSPS) is 13.4. The second-order valence-corrected chi connectivity index (χ2v) is 14.1. The van der Waals surface area contributed by atoms with Gasteiger partial charge in [0.15, 0.2) is 11.6 Å². The smallest absolute Gasteiger partial charge is 0.160 e. The minimum absolute atomic E-state index is 0.565. The summed E-state index contributed by atoms with van der Waals surface area (Å²) in [5.74, 6) is 1.33. The van der Waals surface area contributed by atoms with Gasteiger partial charge in [-0.25, -0.2) is 19.9 Å². The van der Waals surface area contributed by atoms with Crippen LogP contribution in [0.15, 0.2) is 180 Å². The molecule has 1 aliphatic heterocycles. The van der Waals surface area contributed by atoms with Gasteiger partial charge in [-0.05, 0) is 57.6 Å². The molecule has 1 spiro atoms. The number of fused-ring (bicyclic) bond motifs is 8. The first kappa shape index (κ1) is 30.4. The van der Waals surface area contributed by atoms with Crippen molar-refractivity contribution in [3.05, 3.63) is 203 Å². The first-order valence-corrected chi connectivity index (χ1v) is 18.2. The van der Waals surface area contributed by atoms with Crippen LogP contribution in [-0.4, -0.2) is 19.9 Å². The van der Waals surface area contributed by atoms with Gasteiger partial charge >= 0.3 is 0 Å². The van der Waals surface area contributed by atoms with Gasteiger partial charge in [0.05, 0.1) is 16.8 Å². The average molecular weight is 683 g/mol. The molecule has 2 aromatic heterocycles. The van der Waals surface area contributed by atoms with Crippen molar-refractivity contribution in [3.8, 4) is 45.3 Å². The first-order chi connectivity index (χ1) is 25.8. The third kappa shape index (κ3) is 4.93. The highest BCUT2D eigenvalue weighted by Gasteiger charge is 2.46. The molecule has 1 aliphatic carbocycles. The van der Waals surface area contributed by atoms with E-state index in [0.717, 1.165) is 33.6 Å². The molecular formula is C47H30N4S. The molecule has 0 bridgehead atoms. The SMILES string of the molecule is C1=Cc2ccc(-c3nc(-c4ccccc4)cc(-c4cnc(-c5ccccc5)nc4)n3)cc2C2(c3ccccc31)c1ccccc1Sc1ccccc12. The van der Waals surface area contributed by atoms with Gasteiger partial charge in [0.1, 0.15) is 0 Å². The van der Waals surface area contributed by atoms with Crippen molar-refractivity contribution in [2.45, 2.75) is 15.2 Å². The van der Waals surface area contributed by atoms with E-state index < -0.39 is 5.41 Å². The van der Waals surface area contributed by atoms with E-state index in [1.807, 2.05) is 78.8 Å². The van der Waals surface area contributed by atoms with Crippen LogP contribution in [0.2, 0.25) is 0 Å². The largest absolute Gasteiger partial charge is 0.236 e. The summed E-state index contributed by atoms with van der Waals surface area (Å²) >= 11 is 1.85. The zero-order valence-electron chi connectivity index (χ0n) is 28.0. The van der Waals surface area contributed by atoms with Crippen LogP contribution in [-0.2, 0) is 5.41 Å². The van der Waals surface area contributed by atoms with Crippen molar-refractivity contribution in [2.75, 3.05) is 0 Å². The minimum atomic E-state index is -0.565. The Labute approximate surface area is 306 Å². The van der Waals surface area contributed by atoms with Crippen LogP contribution in [0, 0.1) is 0 Å². The molecule has 4 nitrogen and oxygen atoms in total. The number of benzene rings is 6. The van der Waals surface area contributed by atoms with Crippen molar-refractivity contribution in [1.29, 1.82) is 0 Å². The highest BCUT2D eigenvalue weighted by atomic mass is 32.2. The lowest BCUT2D eigenvalue weighted by atomic mass is 9.63. The first-order valence-electron chi connectivity index (χ1n) is 17.4. The molecule has 52 heavy (non-hydrogen) atoms. The summed E-state index contributed by atoms with van der Waals surface area (Å²) in [6.45, 7) is 0. The number of hydrogen-bond acceptors (Lipinski definition) is 5. The number of aromatic nitrogens is 4. The zero-order chi connectivity index (χ0) is 34.5. The second-order valence-electron chi connectivity index (χ2n) is 13.1. The molecule has 6 aromatic carbocycles. The Balaban J connectivity index is 1.21. The Morgan fingerprint density at radius 3 is 1.60 bits per heavy atom. The molecular weight excluding hydrogens is 653 g/mol. The van der Waals surface area contributed by atoms with E-state index in [0.29, 0.717) is 11.6 Å². The molecule has 0 saturated heterocycles. The molecule has 244 valence electrons. The predicted octanol–water partition coefficient (Wildman–Crippen LogP) is 11.3. The maximum absolute atomic E-state index is 5.23. The third-order valence-electron chi connectivity index (χ3n) is 10.1. The molecule has 0 atom stereocenters. The summed E-state index contributed by atoms with van der Waals surface area (Å²) in [6.07, 6.45) is 8.24. The molecule has 8 aromatic rings. The third-order valence-corrected chi connectivity index (χ3v) is 11.3. The zero-order valence-corrected chi connectivity index (χ0v) is 28.8. The lowest BCUT2D eigenvalue weighted by Crippen LogP contribution is -2.35. The van der Waals surface area contributed by atoms with Crippen LogP contribution in [0.5, 0.6) is 0 Å². The van der Waals surface area contributed by atoms with Crippen LogP contribution in [0.3, 0.4) is 0 Å². The van der Waals surface area contributed by atoms with E-state index in [1.54, 1.807) is 0 Å². The minimum Gasteiger partial charge on any atom is -0.236 e. The number of hydrogen-bond donors (Lipinski definition) is 0. The lowest BCUT2D eigenvalue weighted by molar-refractivity contribution is 0.701. The molecule has 0 N–H and O–H groups in total. The molecule has 0 fully saturated rings. The summed E-state index contributed by atoms with van der Waals surface area (Å²) in [7, 11) is 0. The van der Waals surface area contributed by atoms with E-state index in [1.165, 1.54) is 43.2 Å². The Kier molecular flexibility index (Phi) is 7.25. The molecule has 0 saturated carbocycles. The molecule has 10 rings (SSSR count). The summed E-state index contributed by atoms with van der Waals surface area (Å²) < 4.78 is 0. The van der Waals surface area contributed by atoms with Crippen LogP contribution >= 0.6 is 11.8 Å². The van der Waals surface area contributed by atoms with Crippen molar-refractivity contribution in [1.82, 2.24) is 19.9 Å². The molecule has 0 radical (unpaired) electrons. The van der Waals surface area contributed by atoms with Crippen LogP contribution in [0.25, 0.3) is 57.4 Å². The van der Waals surface area contributed by atoms with Crippen molar-refractivity contribution in [3.63, 3.8) is 0 Å². The fourth-order valence-corrected chi connectivity index (χ4v) is 8.92. The quantitative estimate of drug-likeness (QED) is 0.185. The average Bonchev–Trinajstić information content (AvgIpc) is 3.36. The highest BCUT2D eigenvalue weighted by molar-refractivity contribution is 7.99. The fraction of sp³-hybridized carbons (Fsp3) is 0.0213. The Bertz CT molecular complexity index is 2610. The van der Waals surface area contributed by atoms with Crippen molar-refractivity contribution in [2.24, 2.45) is 0 Å². The summed E-state index contributed by atoms with van der Waals surface area (Å²) in [4.78, 5) is 22.5. The van der Waals surface area contributed by atoms with Gasteiger partial charge in [-0.3, -0.25) is 0 Å². The summed E-state index contributed by atoms with van der Waals surface area (Å²) in [5.41, 5.74) is 12.2. The van der Waals surface area contributed by atoms with Gasteiger partial charge in [0.2, 0.25) is 0 Å². The van der Waals surface area contributed by atoms with Crippen molar-refractivity contribution < 1.29 is 0 Å². The predicted molar refractivity (Wildman–Crippen MR) is 211 cm³/mol. The van der Waals surface area contributed by atoms with E-state index in [2.05, 4.69) is 115 Å². The maximum Gasteiger partial charge on any atom is 0.160 e.